The summed E-state index contributed by atoms with van der Waals surface area (Å²) >= 11 is 0. The maximum Gasteiger partial charge on any atom is -0.0303 e. The largest absolute Gasteiger partial charge is 0.103 e. The molecule has 0 heterocycles. The van der Waals surface area contributed by atoms with Crippen molar-refractivity contribution >= 4 is 0 Å². The lowest BCUT2D eigenvalue weighted by Crippen LogP contribution is -2.27. The quantitative estimate of drug-likeness (QED) is 0.109. The van der Waals surface area contributed by atoms with Crippen LogP contribution in [0.25, 0.3) is 0 Å². The van der Waals surface area contributed by atoms with E-state index in [2.05, 4.69) is 138 Å². The minimum absolute atomic E-state index is 0.566. The highest BCUT2D eigenvalue weighted by molar-refractivity contribution is 4.82. The van der Waals surface area contributed by atoms with Crippen LogP contribution in [0.2, 0.25) is 0 Å². The molecule has 0 amide bonds. The van der Waals surface area contributed by atoms with E-state index >= 15 is 0 Å². The molecular formula is C52H120. The van der Waals surface area contributed by atoms with E-state index in [1.807, 2.05) is 47.6 Å². The first-order valence-corrected chi connectivity index (χ1v) is 24.2. The Balaban J connectivity index is -0.0000000666. The molecular weight excluding hydrogens is 625 g/mol. The van der Waals surface area contributed by atoms with Crippen LogP contribution in [0.5, 0.6) is 0 Å². The smallest absolute Gasteiger partial charge is 0.0303 e. The van der Waals surface area contributed by atoms with E-state index in [4.69, 9.17) is 0 Å². The van der Waals surface area contributed by atoms with E-state index in [1.165, 1.54) is 116 Å². The second-order valence-corrected chi connectivity index (χ2v) is 15.9. The second kappa shape index (κ2) is 65.6. The molecule has 0 rings (SSSR count). The van der Waals surface area contributed by atoms with Crippen LogP contribution in [0.1, 0.15) is 295 Å². The summed E-state index contributed by atoms with van der Waals surface area (Å²) in [6, 6.07) is 0. The van der Waals surface area contributed by atoms with Crippen molar-refractivity contribution in [3.05, 3.63) is 12.7 Å². The third-order valence-corrected chi connectivity index (χ3v) is 9.91. The lowest BCUT2D eigenvalue weighted by molar-refractivity contribution is 0.133. The fraction of sp³-hybridized carbons (Fsp3) is 0.962. The lowest BCUT2D eigenvalue weighted by atomic mass is 9.68. The van der Waals surface area contributed by atoms with Crippen LogP contribution in [0, 0.1) is 34.5 Å². The summed E-state index contributed by atoms with van der Waals surface area (Å²) in [6.45, 7) is 59.1. The first kappa shape index (κ1) is 72.9. The van der Waals surface area contributed by atoms with Crippen molar-refractivity contribution < 1.29 is 0 Å². The van der Waals surface area contributed by atoms with E-state index < -0.39 is 0 Å². The molecule has 4 atom stereocenters. The van der Waals surface area contributed by atoms with Crippen LogP contribution >= 0.6 is 0 Å². The van der Waals surface area contributed by atoms with Gasteiger partial charge in [-0.15, -0.1) is 6.58 Å². The zero-order valence-corrected chi connectivity index (χ0v) is 43.0. The predicted octanol–water partition coefficient (Wildman–Crippen LogP) is 21.4. The van der Waals surface area contributed by atoms with Crippen LogP contribution in [-0.2, 0) is 0 Å². The molecule has 0 nitrogen and oxygen atoms in total. The SMILES string of the molecule is C=CCCC.CC.CC.CC.CCC.CCC(C)C.CCCC(C)C.CCCCC(C)(CC)C(C)CCC(C)(CC)CCC.CCCCC(C)CC. The summed E-state index contributed by atoms with van der Waals surface area (Å²) in [5.74, 6) is 3.60. The molecule has 0 aromatic rings. The molecule has 0 aromatic heterocycles. The zero-order valence-electron chi connectivity index (χ0n) is 43.0. The molecule has 0 radical (unpaired) electrons. The third kappa shape index (κ3) is 74.8. The van der Waals surface area contributed by atoms with Gasteiger partial charge < -0.3 is 0 Å². The maximum atomic E-state index is 3.55. The molecule has 0 heteroatoms. The van der Waals surface area contributed by atoms with E-state index in [-0.39, 0.29) is 0 Å². The summed E-state index contributed by atoms with van der Waals surface area (Å²) in [4.78, 5) is 0. The monoisotopic (exact) mass is 745 g/mol. The van der Waals surface area contributed by atoms with Gasteiger partial charge in [0.1, 0.15) is 0 Å². The minimum Gasteiger partial charge on any atom is -0.103 e. The molecule has 0 aliphatic rings. The molecule has 0 fully saturated rings. The molecule has 0 N–H and O–H groups in total. The summed E-state index contributed by atoms with van der Waals surface area (Å²) in [5, 5.41) is 0. The summed E-state index contributed by atoms with van der Waals surface area (Å²) < 4.78 is 0. The zero-order chi connectivity index (χ0) is 43.5. The third-order valence-electron chi connectivity index (χ3n) is 9.91. The van der Waals surface area contributed by atoms with Crippen LogP contribution in [0.4, 0.5) is 0 Å². The van der Waals surface area contributed by atoms with Crippen LogP contribution in [0.3, 0.4) is 0 Å². The Bertz CT molecular complexity index is 502. The number of hydrogen-bond donors (Lipinski definition) is 0. The van der Waals surface area contributed by atoms with Crippen molar-refractivity contribution in [3.8, 4) is 0 Å². The highest BCUT2D eigenvalue weighted by atomic mass is 14.4. The summed E-state index contributed by atoms with van der Waals surface area (Å²) in [7, 11) is 0. The van der Waals surface area contributed by atoms with Crippen molar-refractivity contribution in [2.24, 2.45) is 34.5 Å². The Morgan fingerprint density at radius 1 is 0.481 bits per heavy atom. The Labute approximate surface area is 341 Å². The van der Waals surface area contributed by atoms with Gasteiger partial charge in [0, 0.05) is 0 Å². The fourth-order valence-electron chi connectivity index (χ4n) is 4.89. The summed E-state index contributed by atoms with van der Waals surface area (Å²) in [6.07, 6.45) is 27.5. The Morgan fingerprint density at radius 2 is 0.923 bits per heavy atom. The molecule has 0 spiro atoms. The standard InChI is InChI=1S/C19H40.C8H18.C6H14.C5H12.C5H10.C3H8.3C2H6/c1-8-12-15-19(7,11-4)17(5)13-16-18(6,10-3)14-9-2;1-4-6-7-8(3)5-2;1-4-5-6(2)3;1-4-5(2)3;1-3-5-4-2;1-3-2;3*1-2/h17H,8-16H2,1-7H3;8H,4-7H2,1-3H3;6H,4-5H2,1-3H3;5H,4H2,1-3H3;3H,1,4-5H2,2H3;3H2,1-2H3;3*1-2H3. The van der Waals surface area contributed by atoms with E-state index in [1.54, 1.807) is 0 Å². The number of unbranched alkanes of at least 4 members (excludes halogenated alkanes) is 3. The highest BCUT2D eigenvalue weighted by Gasteiger charge is 2.30. The van der Waals surface area contributed by atoms with Gasteiger partial charge in [0.15, 0.2) is 0 Å². The number of allylic oxidation sites excluding steroid dienone is 1. The van der Waals surface area contributed by atoms with Gasteiger partial charge >= 0.3 is 0 Å². The van der Waals surface area contributed by atoms with Crippen molar-refractivity contribution in [2.75, 3.05) is 0 Å². The molecule has 0 aliphatic carbocycles. The first-order valence-electron chi connectivity index (χ1n) is 24.2. The van der Waals surface area contributed by atoms with Crippen molar-refractivity contribution in [2.45, 2.75) is 295 Å². The molecule has 0 aliphatic heterocycles. The average Bonchev–Trinajstić information content (AvgIpc) is 3.16. The number of hydrogen-bond acceptors (Lipinski definition) is 0. The molecule has 4 unspecified atom stereocenters. The van der Waals surface area contributed by atoms with Gasteiger partial charge in [0.2, 0.25) is 0 Å². The Morgan fingerprint density at radius 3 is 1.13 bits per heavy atom. The average molecular weight is 746 g/mol. The normalized spacial score (nSPS) is 12.8. The molecule has 52 heavy (non-hydrogen) atoms. The van der Waals surface area contributed by atoms with Crippen molar-refractivity contribution in [1.82, 2.24) is 0 Å². The first-order chi connectivity index (χ1) is 24.5. The van der Waals surface area contributed by atoms with Gasteiger partial charge in [-0.05, 0) is 66.6 Å². The number of rotatable bonds is 20. The van der Waals surface area contributed by atoms with Crippen LogP contribution < -0.4 is 0 Å². The van der Waals surface area contributed by atoms with Crippen LogP contribution in [-0.4, -0.2) is 0 Å². The molecule has 0 bridgehead atoms. The Hall–Kier alpha value is -0.260. The topological polar surface area (TPSA) is 0 Å². The van der Waals surface area contributed by atoms with E-state index in [0.29, 0.717) is 10.8 Å². The second-order valence-electron chi connectivity index (χ2n) is 15.9. The van der Waals surface area contributed by atoms with Gasteiger partial charge in [-0.25, -0.2) is 0 Å². The Kier molecular flexibility index (Phi) is 92.0. The van der Waals surface area contributed by atoms with Crippen LogP contribution in [0.15, 0.2) is 12.7 Å². The molecule has 328 valence electrons. The van der Waals surface area contributed by atoms with E-state index in [0.717, 1.165) is 30.1 Å². The van der Waals surface area contributed by atoms with Crippen molar-refractivity contribution in [3.63, 3.8) is 0 Å². The molecule has 0 aromatic carbocycles. The van der Waals surface area contributed by atoms with Gasteiger partial charge in [-0.3, -0.25) is 0 Å². The molecule has 0 saturated heterocycles. The maximum absolute atomic E-state index is 3.55. The van der Waals surface area contributed by atoms with Gasteiger partial charge in [0.05, 0.1) is 0 Å². The van der Waals surface area contributed by atoms with Crippen molar-refractivity contribution in [1.29, 1.82) is 0 Å². The predicted molar refractivity (Wildman–Crippen MR) is 259 cm³/mol. The van der Waals surface area contributed by atoms with E-state index in [9.17, 15) is 0 Å². The minimum atomic E-state index is 0.566. The lowest BCUT2D eigenvalue weighted by Gasteiger charge is -2.38. The van der Waals surface area contributed by atoms with Gasteiger partial charge in [0.25, 0.3) is 0 Å². The highest BCUT2D eigenvalue weighted by Crippen LogP contribution is 2.42. The summed E-state index contributed by atoms with van der Waals surface area (Å²) in [5.41, 5.74) is 1.15. The fourth-order valence-corrected chi connectivity index (χ4v) is 4.89. The molecule has 0 saturated carbocycles. The van der Waals surface area contributed by atoms with Gasteiger partial charge in [-0.2, -0.15) is 0 Å². The van der Waals surface area contributed by atoms with Gasteiger partial charge in [-0.1, -0.05) is 269 Å².